The molecule has 218 valence electrons. The molecule has 3 atom stereocenters. The molecule has 0 aliphatic carbocycles. The molecule has 5 N–H and O–H groups in total. The van der Waals surface area contributed by atoms with Gasteiger partial charge in [0.05, 0.1) is 24.5 Å². The molecule has 2 aromatic rings. The summed E-state index contributed by atoms with van der Waals surface area (Å²) in [6.07, 6.45) is -1.81. The van der Waals surface area contributed by atoms with E-state index < -0.39 is 39.3 Å². The first-order valence-corrected chi connectivity index (χ1v) is 17.4. The monoisotopic (exact) mass is 651 g/mol. The van der Waals surface area contributed by atoms with Crippen LogP contribution in [0.1, 0.15) is 5.56 Å². The van der Waals surface area contributed by atoms with E-state index in [0.29, 0.717) is 20.6 Å². The SMILES string of the molecule is O=C1O[C@@H](CNC(=S)Sc2ccc(CC(O)([PH](=O)O)P(=O)(O)O)cc2)CN1c1ccc(N2CCSCC2)c(F)c1. The lowest BCUT2D eigenvalue weighted by Crippen LogP contribution is -2.33. The molecule has 11 nitrogen and oxygen atoms in total. The van der Waals surface area contributed by atoms with Gasteiger partial charge in [0.25, 0.3) is 0 Å². The van der Waals surface area contributed by atoms with Crippen molar-refractivity contribution in [2.45, 2.75) is 22.5 Å². The molecule has 2 aromatic carbocycles. The number of anilines is 2. The number of thioether (sulfide) groups is 2. The first-order valence-electron chi connectivity index (χ1n) is 12.0. The zero-order valence-electron chi connectivity index (χ0n) is 20.9. The number of carbonyl (C=O) groups is 1. The lowest BCUT2D eigenvalue weighted by molar-refractivity contribution is 0.143. The summed E-state index contributed by atoms with van der Waals surface area (Å²) in [6, 6.07) is 10.8. The Morgan fingerprint density at radius 1 is 1.25 bits per heavy atom. The van der Waals surface area contributed by atoms with Gasteiger partial charge in [-0.3, -0.25) is 14.0 Å². The molecule has 0 aromatic heterocycles. The largest absolute Gasteiger partial charge is 0.442 e. The van der Waals surface area contributed by atoms with Crippen LogP contribution in [0.2, 0.25) is 0 Å². The fraction of sp³-hybridized carbons (Fsp3) is 0.391. The van der Waals surface area contributed by atoms with Gasteiger partial charge in [-0.15, -0.1) is 0 Å². The van der Waals surface area contributed by atoms with Gasteiger partial charge in [-0.2, -0.15) is 11.8 Å². The first-order chi connectivity index (χ1) is 18.9. The van der Waals surface area contributed by atoms with Crippen molar-refractivity contribution < 1.29 is 42.8 Å². The third kappa shape index (κ3) is 7.39. The fourth-order valence-electron chi connectivity index (χ4n) is 4.17. The molecule has 2 saturated heterocycles. The van der Waals surface area contributed by atoms with E-state index in [2.05, 4.69) is 5.32 Å². The molecule has 0 radical (unpaired) electrons. The fourth-order valence-corrected chi connectivity index (χ4v) is 7.82. The summed E-state index contributed by atoms with van der Waals surface area (Å²) in [5, 5.41) is 10.0. The number of rotatable bonds is 9. The van der Waals surface area contributed by atoms with Crippen molar-refractivity contribution in [2.24, 2.45) is 0 Å². The van der Waals surface area contributed by atoms with Crippen molar-refractivity contribution in [3.63, 3.8) is 0 Å². The van der Waals surface area contributed by atoms with Crippen LogP contribution in [-0.2, 0) is 20.3 Å². The van der Waals surface area contributed by atoms with Gasteiger partial charge < -0.3 is 34.7 Å². The third-order valence-corrected chi connectivity index (χ3v) is 12.0. The molecule has 17 heteroatoms. The predicted octanol–water partition coefficient (Wildman–Crippen LogP) is 3.20. The summed E-state index contributed by atoms with van der Waals surface area (Å²) < 4.78 is 43.6. The van der Waals surface area contributed by atoms with Crippen molar-refractivity contribution in [1.29, 1.82) is 0 Å². The normalized spacial score (nSPS) is 20.1. The number of amides is 1. The maximum absolute atomic E-state index is 14.8. The molecule has 0 spiro atoms. The third-order valence-electron chi connectivity index (χ3n) is 6.35. The molecule has 2 unspecified atom stereocenters. The smallest absolute Gasteiger partial charge is 0.414 e. The highest BCUT2D eigenvalue weighted by atomic mass is 32.2. The second-order valence-electron chi connectivity index (χ2n) is 9.11. The number of aliphatic hydroxyl groups is 1. The molecule has 4 rings (SSSR count). The number of thiocarbonyl (C=S) groups is 1. The number of hydrogen-bond donors (Lipinski definition) is 5. The Labute approximate surface area is 244 Å². The Bertz CT molecular complexity index is 1330. The van der Waals surface area contributed by atoms with Gasteiger partial charge in [0.15, 0.2) is 0 Å². The molecule has 2 fully saturated rings. The van der Waals surface area contributed by atoms with Gasteiger partial charge >= 0.3 is 13.7 Å². The molecule has 2 aliphatic heterocycles. The van der Waals surface area contributed by atoms with Crippen LogP contribution in [-0.4, -0.2) is 79.1 Å². The maximum Gasteiger partial charge on any atom is 0.414 e. The van der Waals surface area contributed by atoms with Crippen molar-refractivity contribution in [1.82, 2.24) is 5.32 Å². The number of hydrogen-bond acceptors (Lipinski definition) is 9. The number of cyclic esters (lactones) is 1. The van der Waals surface area contributed by atoms with E-state index in [4.69, 9.17) is 17.0 Å². The van der Waals surface area contributed by atoms with Crippen molar-refractivity contribution in [3.05, 3.63) is 53.8 Å². The Morgan fingerprint density at radius 2 is 1.93 bits per heavy atom. The van der Waals surface area contributed by atoms with Gasteiger partial charge in [0.2, 0.25) is 13.1 Å². The van der Waals surface area contributed by atoms with E-state index in [-0.39, 0.29) is 24.5 Å². The minimum absolute atomic E-state index is 0.212. The molecule has 2 heterocycles. The number of halogens is 1. The van der Waals surface area contributed by atoms with Gasteiger partial charge in [-0.1, -0.05) is 36.1 Å². The number of nitrogens with zero attached hydrogens (tertiary/aromatic N) is 2. The van der Waals surface area contributed by atoms with Crippen molar-refractivity contribution in [2.75, 3.05) is 47.5 Å². The van der Waals surface area contributed by atoms with E-state index in [9.17, 15) is 38.1 Å². The van der Waals surface area contributed by atoms with Crippen LogP contribution in [0.3, 0.4) is 0 Å². The molecule has 40 heavy (non-hydrogen) atoms. The van der Waals surface area contributed by atoms with E-state index in [0.717, 1.165) is 24.6 Å². The van der Waals surface area contributed by atoms with Crippen LogP contribution in [0, 0.1) is 5.82 Å². The van der Waals surface area contributed by atoms with Gasteiger partial charge in [-0.25, -0.2) is 9.18 Å². The average molecular weight is 652 g/mol. The Kier molecular flexibility index (Phi) is 10.2. The van der Waals surface area contributed by atoms with Crippen LogP contribution in [0.5, 0.6) is 0 Å². The number of carbonyl (C=O) groups excluding carboxylic acids is 1. The number of nitrogens with one attached hydrogen (secondary N) is 1. The summed E-state index contributed by atoms with van der Waals surface area (Å²) in [4.78, 5) is 44.4. The highest BCUT2D eigenvalue weighted by Crippen LogP contribution is 2.61. The second kappa shape index (κ2) is 13.1. The lowest BCUT2D eigenvalue weighted by Gasteiger charge is -2.29. The summed E-state index contributed by atoms with van der Waals surface area (Å²) in [5.74, 6) is 1.50. The molecule has 1 amide bonds. The van der Waals surface area contributed by atoms with E-state index in [1.807, 2.05) is 16.7 Å². The minimum Gasteiger partial charge on any atom is -0.442 e. The number of benzene rings is 2. The van der Waals surface area contributed by atoms with E-state index in [1.54, 1.807) is 24.3 Å². The van der Waals surface area contributed by atoms with Crippen LogP contribution >= 0.6 is 51.4 Å². The van der Waals surface area contributed by atoms with Crippen molar-refractivity contribution >= 4 is 73.2 Å². The first kappa shape index (κ1) is 31.3. The minimum atomic E-state index is -5.26. The van der Waals surface area contributed by atoms with Crippen LogP contribution in [0.15, 0.2) is 47.4 Å². The lowest BCUT2D eigenvalue weighted by atomic mass is 10.2. The molecular formula is C23H28FN3O8P2S3. The zero-order chi connectivity index (χ0) is 29.1. The zero-order valence-corrected chi connectivity index (χ0v) is 25.3. The van der Waals surface area contributed by atoms with Crippen molar-refractivity contribution in [3.8, 4) is 0 Å². The topological polar surface area (TPSA) is 160 Å². The number of ether oxygens (including phenoxy) is 1. The van der Waals surface area contributed by atoms with E-state index >= 15 is 0 Å². The van der Waals surface area contributed by atoms with Gasteiger partial charge in [-0.05, 0) is 35.9 Å². The van der Waals surface area contributed by atoms with Gasteiger partial charge in [0.1, 0.15) is 16.2 Å². The molecule has 2 aliphatic rings. The highest BCUT2D eigenvalue weighted by molar-refractivity contribution is 8.23. The van der Waals surface area contributed by atoms with Crippen LogP contribution in [0.4, 0.5) is 20.6 Å². The summed E-state index contributed by atoms with van der Waals surface area (Å²) in [5.41, 5.74) is 1.18. The van der Waals surface area contributed by atoms with Crippen LogP contribution in [0.25, 0.3) is 0 Å². The Hall–Kier alpha value is -1.67. The quantitative estimate of drug-likeness (QED) is 0.153. The molecule has 0 bridgehead atoms. The predicted molar refractivity (Wildman–Crippen MR) is 158 cm³/mol. The maximum atomic E-state index is 14.8. The highest BCUT2D eigenvalue weighted by Gasteiger charge is 2.50. The van der Waals surface area contributed by atoms with Gasteiger partial charge in [0, 0.05) is 35.9 Å². The Balaban J connectivity index is 1.28. The molecular weight excluding hydrogens is 623 g/mol. The van der Waals surface area contributed by atoms with Crippen LogP contribution < -0.4 is 15.1 Å². The summed E-state index contributed by atoms with van der Waals surface area (Å²) >= 11 is 8.35. The standard InChI is InChI=1S/C23H28FN3O8P2S3/c24-19-11-16(3-6-20(19)26-7-9-39-10-8-26)27-14-17(35-22(27)28)13-25-21(38)40-18-4-1-15(2-5-18)12-23(29,36(30)31)37(32,33)34/h1-6,11,17,29,36H,7-10,12-14H2,(H,25,38)(H,30,31)(H2,32,33,34)/t17-,23?/m0/s1. The second-order valence-corrected chi connectivity index (χ2v) is 15.8. The summed E-state index contributed by atoms with van der Waals surface area (Å²) in [6.45, 7) is 1.98. The average Bonchev–Trinajstić information content (AvgIpc) is 3.28. The molecule has 0 saturated carbocycles. The van der Waals surface area contributed by atoms with E-state index in [1.165, 1.54) is 34.9 Å². The summed E-state index contributed by atoms with van der Waals surface area (Å²) in [7, 11) is -9.22. The Morgan fingerprint density at radius 3 is 2.52 bits per heavy atom.